The zero-order chi connectivity index (χ0) is 13.3. The largest absolute Gasteiger partial charge is 0.464 e. The second-order valence-electron chi connectivity index (χ2n) is 3.68. The Balaban J connectivity index is 2.56. The summed E-state index contributed by atoms with van der Waals surface area (Å²) < 4.78 is 9.91. The van der Waals surface area contributed by atoms with Crippen LogP contribution in [-0.2, 0) is 4.74 Å². The number of esters is 1. The molecule has 0 saturated carbocycles. The molecule has 0 fully saturated rings. The number of furan rings is 1. The van der Waals surface area contributed by atoms with Gasteiger partial charge in [0, 0.05) is 6.92 Å². The Kier molecular flexibility index (Phi) is 3.29. The molecule has 0 aliphatic heterocycles. The number of ketones is 1. The molecule has 5 nitrogen and oxygen atoms in total. The fourth-order valence-electron chi connectivity index (χ4n) is 1.48. The monoisotopic (exact) mass is 265 g/mol. The van der Waals surface area contributed by atoms with Crippen molar-refractivity contribution in [2.45, 2.75) is 13.8 Å². The zero-order valence-corrected chi connectivity index (χ0v) is 11.0. The molecule has 0 N–H and O–H groups in total. The summed E-state index contributed by atoms with van der Waals surface area (Å²) in [6, 6.07) is 1.79. The number of carbonyl (C=O) groups is 2. The van der Waals surface area contributed by atoms with Gasteiger partial charge < -0.3 is 9.15 Å². The minimum absolute atomic E-state index is 0.0424. The number of hydrogen-bond acceptors (Lipinski definition) is 6. The molecule has 0 saturated heterocycles. The van der Waals surface area contributed by atoms with Crippen molar-refractivity contribution in [2.24, 2.45) is 0 Å². The maximum Gasteiger partial charge on any atom is 0.358 e. The number of methoxy groups -OCH3 is 1. The van der Waals surface area contributed by atoms with Gasteiger partial charge in [-0.25, -0.2) is 9.78 Å². The van der Waals surface area contributed by atoms with Crippen LogP contribution in [-0.4, -0.2) is 23.8 Å². The first kappa shape index (κ1) is 12.5. The average Bonchev–Trinajstić information content (AvgIpc) is 2.93. The van der Waals surface area contributed by atoms with Gasteiger partial charge in [0.05, 0.1) is 13.4 Å². The normalized spacial score (nSPS) is 10.4. The summed E-state index contributed by atoms with van der Waals surface area (Å²) in [4.78, 5) is 27.5. The van der Waals surface area contributed by atoms with E-state index in [9.17, 15) is 9.59 Å². The lowest BCUT2D eigenvalue weighted by molar-refractivity contribution is 0.0591. The average molecular weight is 265 g/mol. The highest BCUT2D eigenvalue weighted by Gasteiger charge is 2.23. The van der Waals surface area contributed by atoms with Crippen molar-refractivity contribution in [2.75, 3.05) is 7.11 Å². The van der Waals surface area contributed by atoms with Crippen molar-refractivity contribution in [3.05, 3.63) is 28.5 Å². The van der Waals surface area contributed by atoms with E-state index in [1.54, 1.807) is 6.07 Å². The van der Waals surface area contributed by atoms with E-state index in [1.807, 2.05) is 6.92 Å². The van der Waals surface area contributed by atoms with Gasteiger partial charge in [0.15, 0.2) is 22.2 Å². The standard InChI is InChI=1S/C12H11NO4S/c1-6-4-5-17-9(6)11-13-8(12(15)16-3)10(18-11)7(2)14/h4-5H,1-3H3. The van der Waals surface area contributed by atoms with E-state index in [1.165, 1.54) is 20.3 Å². The highest BCUT2D eigenvalue weighted by Crippen LogP contribution is 2.31. The zero-order valence-electron chi connectivity index (χ0n) is 10.1. The molecule has 0 bridgehead atoms. The maximum atomic E-state index is 11.5. The number of hydrogen-bond donors (Lipinski definition) is 0. The molecule has 0 radical (unpaired) electrons. The minimum Gasteiger partial charge on any atom is -0.464 e. The lowest BCUT2D eigenvalue weighted by atomic mass is 10.3. The van der Waals surface area contributed by atoms with Crippen molar-refractivity contribution in [1.82, 2.24) is 4.98 Å². The molecule has 2 rings (SSSR count). The van der Waals surface area contributed by atoms with Gasteiger partial charge >= 0.3 is 5.97 Å². The van der Waals surface area contributed by atoms with Gasteiger partial charge in [-0.15, -0.1) is 11.3 Å². The van der Waals surface area contributed by atoms with Gasteiger partial charge in [-0.2, -0.15) is 0 Å². The van der Waals surface area contributed by atoms with Crippen LogP contribution >= 0.6 is 11.3 Å². The van der Waals surface area contributed by atoms with Gasteiger partial charge in [0.1, 0.15) is 4.88 Å². The van der Waals surface area contributed by atoms with Crippen LogP contribution in [0.25, 0.3) is 10.8 Å². The van der Waals surface area contributed by atoms with Crippen LogP contribution < -0.4 is 0 Å². The van der Waals surface area contributed by atoms with Crippen molar-refractivity contribution >= 4 is 23.1 Å². The van der Waals surface area contributed by atoms with Gasteiger partial charge in [-0.1, -0.05) is 0 Å². The second-order valence-corrected chi connectivity index (χ2v) is 4.68. The number of carbonyl (C=O) groups excluding carboxylic acids is 2. The molecular formula is C12H11NO4S. The van der Waals surface area contributed by atoms with Crippen LogP contribution in [0.3, 0.4) is 0 Å². The molecule has 0 aliphatic carbocycles. The van der Waals surface area contributed by atoms with Crippen LogP contribution in [0.4, 0.5) is 0 Å². The Morgan fingerprint density at radius 2 is 2.17 bits per heavy atom. The minimum atomic E-state index is -0.619. The van der Waals surface area contributed by atoms with Crippen molar-refractivity contribution in [1.29, 1.82) is 0 Å². The Morgan fingerprint density at radius 1 is 1.44 bits per heavy atom. The fourth-order valence-corrected chi connectivity index (χ4v) is 2.48. The summed E-state index contributed by atoms with van der Waals surface area (Å²) in [7, 11) is 1.25. The summed E-state index contributed by atoms with van der Waals surface area (Å²) in [5.41, 5.74) is 0.941. The van der Waals surface area contributed by atoms with E-state index < -0.39 is 5.97 Å². The third-order valence-electron chi connectivity index (χ3n) is 2.38. The van der Waals surface area contributed by atoms with Crippen LogP contribution in [0.15, 0.2) is 16.7 Å². The number of rotatable bonds is 3. The quantitative estimate of drug-likeness (QED) is 0.630. The van der Waals surface area contributed by atoms with E-state index in [0.29, 0.717) is 10.8 Å². The van der Waals surface area contributed by atoms with Gasteiger partial charge in [-0.3, -0.25) is 4.79 Å². The Morgan fingerprint density at radius 3 is 2.67 bits per heavy atom. The maximum absolute atomic E-state index is 11.5. The first-order valence-electron chi connectivity index (χ1n) is 5.19. The highest BCUT2D eigenvalue weighted by molar-refractivity contribution is 7.17. The molecule has 2 heterocycles. The summed E-state index contributed by atoms with van der Waals surface area (Å²) in [6.45, 7) is 3.25. The fraction of sp³-hybridized carbons (Fsp3) is 0.250. The molecule has 6 heteroatoms. The van der Waals surface area contributed by atoms with Crippen LogP contribution in [0.1, 0.15) is 32.6 Å². The first-order chi connectivity index (χ1) is 8.54. The summed E-state index contributed by atoms with van der Waals surface area (Å²) in [6.07, 6.45) is 1.54. The molecule has 94 valence electrons. The van der Waals surface area contributed by atoms with Gasteiger partial charge in [0.25, 0.3) is 0 Å². The molecule has 0 amide bonds. The summed E-state index contributed by atoms with van der Waals surface area (Å²) in [5.74, 6) is -0.270. The number of aryl methyl sites for hydroxylation is 1. The SMILES string of the molecule is COC(=O)c1nc(-c2occc2C)sc1C(C)=O. The summed E-state index contributed by atoms with van der Waals surface area (Å²) >= 11 is 1.13. The van der Waals surface area contributed by atoms with Crippen molar-refractivity contribution in [3.8, 4) is 10.8 Å². The summed E-state index contributed by atoms with van der Waals surface area (Å²) in [5, 5.41) is 0.503. The topological polar surface area (TPSA) is 69.4 Å². The van der Waals surface area contributed by atoms with Gasteiger partial charge in [0.2, 0.25) is 0 Å². The second kappa shape index (κ2) is 4.73. The van der Waals surface area contributed by atoms with Crippen LogP contribution in [0.2, 0.25) is 0 Å². The number of thiazole rings is 1. The number of nitrogens with zero attached hydrogens (tertiary/aromatic N) is 1. The predicted molar refractivity (Wildman–Crippen MR) is 65.9 cm³/mol. The third kappa shape index (κ3) is 2.06. The van der Waals surface area contributed by atoms with Crippen molar-refractivity contribution in [3.63, 3.8) is 0 Å². The van der Waals surface area contributed by atoms with Crippen LogP contribution in [0.5, 0.6) is 0 Å². The Hall–Kier alpha value is -1.95. The van der Waals surface area contributed by atoms with E-state index in [4.69, 9.17) is 4.42 Å². The number of aromatic nitrogens is 1. The Labute approximate surface area is 107 Å². The molecule has 0 aromatic carbocycles. The lowest BCUT2D eigenvalue weighted by Gasteiger charge is -1.95. The smallest absolute Gasteiger partial charge is 0.358 e. The predicted octanol–water partition coefficient (Wildman–Crippen LogP) is 2.70. The highest BCUT2D eigenvalue weighted by atomic mass is 32.1. The molecule has 0 unspecified atom stereocenters. The van der Waals surface area contributed by atoms with Gasteiger partial charge in [-0.05, 0) is 18.6 Å². The van der Waals surface area contributed by atoms with Crippen LogP contribution in [0, 0.1) is 6.92 Å². The first-order valence-corrected chi connectivity index (χ1v) is 6.00. The van der Waals surface area contributed by atoms with E-state index >= 15 is 0 Å². The molecular weight excluding hydrogens is 254 g/mol. The Bertz CT molecular complexity index is 611. The van der Waals surface area contributed by atoms with E-state index in [0.717, 1.165) is 16.9 Å². The molecule has 0 spiro atoms. The van der Waals surface area contributed by atoms with E-state index in [-0.39, 0.29) is 16.4 Å². The third-order valence-corrected chi connectivity index (χ3v) is 3.54. The molecule has 0 aliphatic rings. The molecule has 2 aromatic heterocycles. The molecule has 2 aromatic rings. The van der Waals surface area contributed by atoms with Crippen molar-refractivity contribution < 1.29 is 18.7 Å². The lowest BCUT2D eigenvalue weighted by Crippen LogP contribution is -2.06. The number of Topliss-reactive ketones (excluding diaryl/α,β-unsaturated/α-hetero) is 1. The van der Waals surface area contributed by atoms with E-state index in [2.05, 4.69) is 9.72 Å². The molecule has 0 atom stereocenters. The number of ether oxygens (including phenoxy) is 1. The molecule has 18 heavy (non-hydrogen) atoms.